The summed E-state index contributed by atoms with van der Waals surface area (Å²) in [5.41, 5.74) is 2.22. The van der Waals surface area contributed by atoms with Crippen molar-refractivity contribution in [3.63, 3.8) is 0 Å². The number of amides is 1. The number of aromatic nitrogens is 2. The Kier molecular flexibility index (Phi) is 7.96. The van der Waals surface area contributed by atoms with Gasteiger partial charge in [-0.1, -0.05) is 36.4 Å². The average Bonchev–Trinajstić information content (AvgIpc) is 3.71. The molecule has 1 saturated heterocycles. The van der Waals surface area contributed by atoms with Crippen LogP contribution in [0.4, 0.5) is 10.3 Å². The molecule has 1 aromatic heterocycles. The van der Waals surface area contributed by atoms with Crippen LogP contribution in [-0.2, 0) is 14.8 Å². The van der Waals surface area contributed by atoms with Crippen molar-refractivity contribution < 1.29 is 27.1 Å². The summed E-state index contributed by atoms with van der Waals surface area (Å²) in [5.74, 6) is 0.469. The third-order valence-electron chi connectivity index (χ3n) is 7.56. The van der Waals surface area contributed by atoms with Gasteiger partial charge >= 0.3 is 0 Å². The van der Waals surface area contributed by atoms with Crippen LogP contribution in [0.15, 0.2) is 90.0 Å². The molecule has 3 heterocycles. The number of rotatable bonds is 9. The summed E-state index contributed by atoms with van der Waals surface area (Å²) in [5, 5.41) is 6.35. The topological polar surface area (TPSA) is 123 Å². The van der Waals surface area contributed by atoms with Crippen molar-refractivity contribution in [1.29, 1.82) is 0 Å². The van der Waals surface area contributed by atoms with Crippen LogP contribution in [0.5, 0.6) is 11.5 Å². The minimum absolute atomic E-state index is 0.0695. The minimum atomic E-state index is -4.04. The van der Waals surface area contributed by atoms with Crippen LogP contribution in [0.25, 0.3) is 0 Å². The van der Waals surface area contributed by atoms with Crippen molar-refractivity contribution in [2.24, 2.45) is 0 Å². The second kappa shape index (κ2) is 12.0. The predicted molar refractivity (Wildman–Crippen MR) is 156 cm³/mol. The molecule has 6 rings (SSSR count). The fourth-order valence-corrected chi connectivity index (χ4v) is 6.97. The zero-order chi connectivity index (χ0) is 30.0. The molecule has 2 N–H and O–H groups in total. The van der Waals surface area contributed by atoms with E-state index in [1.807, 2.05) is 43.3 Å². The predicted octanol–water partition coefficient (Wildman–Crippen LogP) is 4.58. The summed E-state index contributed by atoms with van der Waals surface area (Å²) >= 11 is 0. The average molecular weight is 604 g/mol. The molecule has 2 aliphatic rings. The highest BCUT2D eigenvalue weighted by atomic mass is 32.2. The molecule has 12 heteroatoms. The van der Waals surface area contributed by atoms with Crippen molar-refractivity contribution in [1.82, 2.24) is 19.6 Å². The molecule has 43 heavy (non-hydrogen) atoms. The summed E-state index contributed by atoms with van der Waals surface area (Å²) in [6, 6.07) is 19.7. The van der Waals surface area contributed by atoms with Crippen LogP contribution in [0.1, 0.15) is 48.7 Å². The van der Waals surface area contributed by atoms with Gasteiger partial charge in [0.25, 0.3) is 0 Å². The van der Waals surface area contributed by atoms with E-state index in [9.17, 15) is 17.6 Å². The SMILES string of the molecule is CC(Nc1nccc(C(NC(=O)[C@@H]2CCCN2S(=O)(=O)c2ccc(F)cc2)c2ccc3c(c2)OCO3)n1)c1ccccc1. The Morgan fingerprint density at radius 3 is 2.56 bits per heavy atom. The van der Waals surface area contributed by atoms with Crippen LogP contribution in [-0.4, -0.2) is 48.0 Å². The van der Waals surface area contributed by atoms with E-state index in [0.29, 0.717) is 41.5 Å². The van der Waals surface area contributed by atoms with Crippen LogP contribution in [0, 0.1) is 5.82 Å². The normalized spacial score (nSPS) is 17.8. The third-order valence-corrected chi connectivity index (χ3v) is 9.48. The van der Waals surface area contributed by atoms with E-state index < -0.39 is 33.8 Å². The number of benzene rings is 3. The zero-order valence-corrected chi connectivity index (χ0v) is 24.1. The summed E-state index contributed by atoms with van der Waals surface area (Å²) in [7, 11) is -4.04. The summed E-state index contributed by atoms with van der Waals surface area (Å²) in [6.07, 6.45) is 2.45. The number of nitrogens with one attached hydrogen (secondary N) is 2. The number of anilines is 1. The van der Waals surface area contributed by atoms with Gasteiger partial charge in [-0.05, 0) is 73.4 Å². The van der Waals surface area contributed by atoms with Crippen LogP contribution >= 0.6 is 0 Å². The van der Waals surface area contributed by atoms with Gasteiger partial charge in [-0.3, -0.25) is 4.79 Å². The lowest BCUT2D eigenvalue weighted by Gasteiger charge is -2.26. The molecule has 0 saturated carbocycles. The lowest BCUT2D eigenvalue weighted by atomic mass is 10.0. The number of hydrogen-bond acceptors (Lipinski definition) is 8. The van der Waals surface area contributed by atoms with Crippen molar-refractivity contribution in [2.75, 3.05) is 18.7 Å². The zero-order valence-electron chi connectivity index (χ0n) is 23.3. The fraction of sp³-hybridized carbons (Fsp3) is 0.258. The minimum Gasteiger partial charge on any atom is -0.454 e. The summed E-state index contributed by atoms with van der Waals surface area (Å²) < 4.78 is 52.6. The maximum Gasteiger partial charge on any atom is 0.243 e. The fourth-order valence-electron chi connectivity index (χ4n) is 5.31. The molecule has 3 aromatic carbocycles. The van der Waals surface area contributed by atoms with Crippen molar-refractivity contribution in [2.45, 2.75) is 42.8 Å². The molecule has 3 atom stereocenters. The molecule has 1 fully saturated rings. The van der Waals surface area contributed by atoms with Crippen molar-refractivity contribution >= 4 is 21.9 Å². The summed E-state index contributed by atoms with van der Waals surface area (Å²) in [6.45, 7) is 2.26. The molecule has 0 bridgehead atoms. The van der Waals surface area contributed by atoms with Crippen LogP contribution < -0.4 is 20.1 Å². The third kappa shape index (κ3) is 6.02. The van der Waals surface area contributed by atoms with Gasteiger partial charge in [0.05, 0.1) is 22.7 Å². The quantitative estimate of drug-likeness (QED) is 0.285. The molecule has 1 amide bonds. The number of nitrogens with zero attached hydrogens (tertiary/aromatic N) is 3. The Hall–Kier alpha value is -4.55. The first-order chi connectivity index (χ1) is 20.8. The molecule has 0 radical (unpaired) electrons. The first-order valence-electron chi connectivity index (χ1n) is 13.9. The Morgan fingerprint density at radius 2 is 1.77 bits per heavy atom. The van der Waals surface area contributed by atoms with Crippen molar-refractivity contribution in [3.8, 4) is 11.5 Å². The highest BCUT2D eigenvalue weighted by Crippen LogP contribution is 2.36. The smallest absolute Gasteiger partial charge is 0.243 e. The number of ether oxygens (including phenoxy) is 2. The monoisotopic (exact) mass is 603 g/mol. The second-order valence-electron chi connectivity index (χ2n) is 10.4. The van der Waals surface area contributed by atoms with Crippen LogP contribution in [0.3, 0.4) is 0 Å². The van der Waals surface area contributed by atoms with Gasteiger partial charge in [0.15, 0.2) is 11.5 Å². The van der Waals surface area contributed by atoms with Crippen molar-refractivity contribution in [3.05, 3.63) is 108 Å². The Bertz CT molecular complexity index is 1720. The summed E-state index contributed by atoms with van der Waals surface area (Å²) in [4.78, 5) is 22.9. The van der Waals surface area contributed by atoms with Gasteiger partial charge in [0.2, 0.25) is 28.7 Å². The highest BCUT2D eigenvalue weighted by Gasteiger charge is 2.40. The molecular weight excluding hydrogens is 573 g/mol. The molecule has 2 unspecified atom stereocenters. The Labute approximate surface area is 248 Å². The number of carbonyl (C=O) groups is 1. The maximum absolute atomic E-state index is 13.8. The maximum atomic E-state index is 13.8. The standard InChI is InChI=1S/C31H30FN5O5S/c1-20(21-6-3-2-4-7-21)34-31-33-16-15-25(35-31)29(22-9-14-27-28(18-22)42-19-41-27)36-30(38)26-8-5-17-37(26)43(39,40)24-12-10-23(32)11-13-24/h2-4,6-7,9-16,18,20,26,29H,5,8,17,19H2,1H3,(H,36,38)(H,33,34,35)/t20?,26-,29?/m0/s1. The Morgan fingerprint density at radius 1 is 1.00 bits per heavy atom. The first-order valence-corrected chi connectivity index (χ1v) is 15.4. The van der Waals surface area contributed by atoms with Gasteiger partial charge < -0.3 is 20.1 Å². The van der Waals surface area contributed by atoms with E-state index in [4.69, 9.17) is 14.5 Å². The van der Waals surface area contributed by atoms with Gasteiger partial charge in [0.1, 0.15) is 11.9 Å². The molecule has 10 nitrogen and oxygen atoms in total. The molecule has 0 spiro atoms. The molecule has 222 valence electrons. The number of sulfonamides is 1. The molecule has 0 aliphatic carbocycles. The molecular formula is C31H30FN5O5S. The second-order valence-corrected chi connectivity index (χ2v) is 12.3. The van der Waals surface area contributed by atoms with E-state index in [-0.39, 0.29) is 24.3 Å². The Balaban J connectivity index is 1.30. The number of carbonyl (C=O) groups excluding carboxylic acids is 1. The largest absolute Gasteiger partial charge is 0.454 e. The van der Waals surface area contributed by atoms with E-state index in [0.717, 1.165) is 17.7 Å². The lowest BCUT2D eigenvalue weighted by Crippen LogP contribution is -2.47. The lowest BCUT2D eigenvalue weighted by molar-refractivity contribution is -0.124. The first kappa shape index (κ1) is 28.6. The highest BCUT2D eigenvalue weighted by molar-refractivity contribution is 7.89. The molecule has 2 aliphatic heterocycles. The van der Waals surface area contributed by atoms with Gasteiger partial charge in [-0.2, -0.15) is 4.31 Å². The van der Waals surface area contributed by atoms with E-state index >= 15 is 0 Å². The van der Waals surface area contributed by atoms with Gasteiger partial charge in [-0.25, -0.2) is 22.8 Å². The van der Waals surface area contributed by atoms with E-state index in [2.05, 4.69) is 15.6 Å². The van der Waals surface area contributed by atoms with Gasteiger partial charge in [-0.15, -0.1) is 0 Å². The number of fused-ring (bicyclic) bond motifs is 1. The van der Waals surface area contributed by atoms with Crippen LogP contribution in [0.2, 0.25) is 0 Å². The number of halogens is 1. The van der Waals surface area contributed by atoms with Gasteiger partial charge in [0, 0.05) is 12.7 Å². The van der Waals surface area contributed by atoms with E-state index in [1.165, 1.54) is 16.4 Å². The molecule has 4 aromatic rings. The van der Waals surface area contributed by atoms with E-state index in [1.54, 1.807) is 24.4 Å². The number of hydrogen-bond donors (Lipinski definition) is 2.